The maximum atomic E-state index is 11.5. The van der Waals surface area contributed by atoms with Gasteiger partial charge >= 0.3 is 6.09 Å². The fourth-order valence-corrected chi connectivity index (χ4v) is 1.64. The maximum Gasteiger partial charge on any atom is 0.411 e. The van der Waals surface area contributed by atoms with Crippen molar-refractivity contribution in [3.8, 4) is 11.5 Å². The molecule has 0 bridgehead atoms. The summed E-state index contributed by atoms with van der Waals surface area (Å²) in [5.74, 6) is 0.998. The predicted octanol–water partition coefficient (Wildman–Crippen LogP) is 2.61. The third-order valence-corrected chi connectivity index (χ3v) is 2.53. The van der Waals surface area contributed by atoms with Crippen LogP contribution in [0.1, 0.15) is 6.92 Å². The fourth-order valence-electron chi connectivity index (χ4n) is 1.64. The summed E-state index contributed by atoms with van der Waals surface area (Å²) < 4.78 is 10.5. The number of aromatic nitrogens is 1. The molecule has 1 amide bonds. The van der Waals surface area contributed by atoms with E-state index >= 15 is 0 Å². The van der Waals surface area contributed by atoms with E-state index in [1.165, 1.54) is 6.20 Å². The van der Waals surface area contributed by atoms with Crippen LogP contribution in [-0.4, -0.2) is 17.7 Å². The molecule has 21 heavy (non-hydrogen) atoms. The van der Waals surface area contributed by atoms with Gasteiger partial charge in [0, 0.05) is 24.0 Å². The molecular weight excluding hydrogens is 272 g/mol. The quantitative estimate of drug-likeness (QED) is 0.745. The van der Waals surface area contributed by atoms with Crippen LogP contribution in [0.25, 0.3) is 0 Å². The summed E-state index contributed by atoms with van der Waals surface area (Å²) in [5, 5.41) is 2.51. The second-order valence-corrected chi connectivity index (χ2v) is 4.09. The zero-order valence-corrected chi connectivity index (χ0v) is 11.5. The Bertz CT molecular complexity index is 646. The largest absolute Gasteiger partial charge is 0.455 e. The van der Waals surface area contributed by atoms with Gasteiger partial charge in [-0.25, -0.2) is 9.78 Å². The predicted molar refractivity (Wildman–Crippen MR) is 80.2 cm³/mol. The number of carbonyl (C=O) groups is 1. The van der Waals surface area contributed by atoms with Crippen molar-refractivity contribution in [2.45, 2.75) is 6.92 Å². The Morgan fingerprint density at radius 2 is 2.14 bits per heavy atom. The third kappa shape index (κ3) is 3.75. The average molecular weight is 288 g/mol. The zero-order valence-electron chi connectivity index (χ0n) is 11.5. The maximum absolute atomic E-state index is 11.5. The van der Waals surface area contributed by atoms with E-state index in [1.807, 2.05) is 0 Å². The Hall–Kier alpha value is -2.96. The molecule has 0 aliphatic rings. The standard InChI is InChI=1S/C14H16N4O3/c1-2-20-14(19)18-12-11(6-7-17-13(12)16)21-10-5-3-4-9(15)8-10/h3-8H,2,15H2,1H3,(H2,16,17)(H,18,19). The van der Waals surface area contributed by atoms with Crippen LogP contribution in [0.5, 0.6) is 11.5 Å². The van der Waals surface area contributed by atoms with Gasteiger partial charge in [0.15, 0.2) is 11.6 Å². The van der Waals surface area contributed by atoms with E-state index in [1.54, 1.807) is 37.3 Å². The molecule has 7 heteroatoms. The Labute approximate surface area is 121 Å². The van der Waals surface area contributed by atoms with Crippen molar-refractivity contribution in [2.75, 3.05) is 23.4 Å². The number of pyridine rings is 1. The van der Waals surface area contributed by atoms with Crippen molar-refractivity contribution < 1.29 is 14.3 Å². The van der Waals surface area contributed by atoms with Crippen LogP contribution in [0.4, 0.5) is 22.0 Å². The number of ether oxygens (including phenoxy) is 2. The molecule has 1 heterocycles. The Kier molecular flexibility index (Phi) is 4.45. The number of nitrogens with one attached hydrogen (secondary N) is 1. The molecule has 1 aromatic heterocycles. The van der Waals surface area contributed by atoms with Crippen molar-refractivity contribution in [1.29, 1.82) is 0 Å². The van der Waals surface area contributed by atoms with Gasteiger partial charge in [-0.2, -0.15) is 0 Å². The second-order valence-electron chi connectivity index (χ2n) is 4.09. The van der Waals surface area contributed by atoms with E-state index in [0.717, 1.165) is 0 Å². The van der Waals surface area contributed by atoms with E-state index < -0.39 is 6.09 Å². The van der Waals surface area contributed by atoms with Gasteiger partial charge in [0.1, 0.15) is 11.4 Å². The number of hydrogen-bond acceptors (Lipinski definition) is 6. The minimum absolute atomic E-state index is 0.129. The van der Waals surface area contributed by atoms with Crippen LogP contribution in [0.3, 0.4) is 0 Å². The van der Waals surface area contributed by atoms with Gasteiger partial charge in [0.2, 0.25) is 0 Å². The average Bonchev–Trinajstić information content (AvgIpc) is 2.43. The van der Waals surface area contributed by atoms with Gasteiger partial charge in [-0.3, -0.25) is 5.32 Å². The lowest BCUT2D eigenvalue weighted by atomic mass is 10.3. The first-order valence-electron chi connectivity index (χ1n) is 6.31. The number of amides is 1. The van der Waals surface area contributed by atoms with Crippen LogP contribution >= 0.6 is 0 Å². The Balaban J connectivity index is 2.26. The molecule has 0 fully saturated rings. The molecule has 0 spiro atoms. The van der Waals surface area contributed by atoms with Crippen molar-refractivity contribution in [1.82, 2.24) is 4.98 Å². The first-order chi connectivity index (χ1) is 10.1. The Morgan fingerprint density at radius 1 is 1.33 bits per heavy atom. The van der Waals surface area contributed by atoms with Crippen LogP contribution in [0.15, 0.2) is 36.5 Å². The van der Waals surface area contributed by atoms with E-state index in [9.17, 15) is 4.79 Å². The molecule has 0 saturated heterocycles. The highest BCUT2D eigenvalue weighted by atomic mass is 16.5. The third-order valence-electron chi connectivity index (χ3n) is 2.53. The molecule has 0 aliphatic carbocycles. The molecular formula is C14H16N4O3. The highest BCUT2D eigenvalue weighted by molar-refractivity contribution is 5.90. The van der Waals surface area contributed by atoms with Crippen molar-refractivity contribution in [2.24, 2.45) is 0 Å². The monoisotopic (exact) mass is 288 g/mol. The first kappa shape index (κ1) is 14.4. The number of hydrogen-bond donors (Lipinski definition) is 3. The topological polar surface area (TPSA) is 112 Å². The molecule has 0 unspecified atom stereocenters. The lowest BCUT2D eigenvalue weighted by Gasteiger charge is -2.13. The zero-order chi connectivity index (χ0) is 15.2. The second kappa shape index (κ2) is 6.47. The molecule has 0 atom stereocenters. The van der Waals surface area contributed by atoms with Crippen LogP contribution in [0.2, 0.25) is 0 Å². The Morgan fingerprint density at radius 3 is 2.86 bits per heavy atom. The number of anilines is 3. The number of nitrogens with zero attached hydrogens (tertiary/aromatic N) is 1. The van der Waals surface area contributed by atoms with Crippen LogP contribution in [0, 0.1) is 0 Å². The van der Waals surface area contributed by atoms with Crippen molar-refractivity contribution >= 4 is 23.3 Å². The van der Waals surface area contributed by atoms with Gasteiger partial charge in [0.05, 0.1) is 6.61 Å². The van der Waals surface area contributed by atoms with Gasteiger partial charge in [0.25, 0.3) is 0 Å². The smallest absolute Gasteiger partial charge is 0.411 e. The number of rotatable bonds is 4. The molecule has 7 nitrogen and oxygen atoms in total. The SMILES string of the molecule is CCOC(=O)Nc1c(Oc2cccc(N)c2)ccnc1N. The normalized spacial score (nSPS) is 9.95. The minimum atomic E-state index is -0.630. The molecule has 5 N–H and O–H groups in total. The first-order valence-corrected chi connectivity index (χ1v) is 6.31. The van der Waals surface area contributed by atoms with Gasteiger partial charge in [-0.05, 0) is 19.1 Å². The molecule has 0 radical (unpaired) electrons. The molecule has 2 aromatic rings. The van der Waals surface area contributed by atoms with Crippen molar-refractivity contribution in [3.63, 3.8) is 0 Å². The van der Waals surface area contributed by atoms with E-state index in [2.05, 4.69) is 10.3 Å². The van der Waals surface area contributed by atoms with E-state index in [0.29, 0.717) is 17.2 Å². The summed E-state index contributed by atoms with van der Waals surface area (Å²) in [6.45, 7) is 1.95. The number of nitrogen functional groups attached to an aromatic ring is 2. The summed E-state index contributed by atoms with van der Waals surface area (Å²) in [6, 6.07) is 8.48. The molecule has 1 aromatic carbocycles. The minimum Gasteiger partial charge on any atom is -0.455 e. The summed E-state index contributed by atoms with van der Waals surface area (Å²) in [5.41, 5.74) is 12.3. The van der Waals surface area contributed by atoms with E-state index in [4.69, 9.17) is 20.9 Å². The fraction of sp³-hybridized carbons (Fsp3) is 0.143. The summed E-state index contributed by atoms with van der Waals surface area (Å²) in [7, 11) is 0. The summed E-state index contributed by atoms with van der Waals surface area (Å²) in [4.78, 5) is 15.4. The lowest BCUT2D eigenvalue weighted by molar-refractivity contribution is 0.168. The molecule has 0 aliphatic heterocycles. The highest BCUT2D eigenvalue weighted by Crippen LogP contribution is 2.33. The van der Waals surface area contributed by atoms with Crippen LogP contribution < -0.4 is 21.5 Å². The van der Waals surface area contributed by atoms with Gasteiger partial charge in [-0.15, -0.1) is 0 Å². The van der Waals surface area contributed by atoms with Gasteiger partial charge in [-0.1, -0.05) is 6.07 Å². The van der Waals surface area contributed by atoms with Crippen LogP contribution in [-0.2, 0) is 4.74 Å². The van der Waals surface area contributed by atoms with Gasteiger partial charge < -0.3 is 20.9 Å². The number of carbonyl (C=O) groups excluding carboxylic acids is 1. The number of benzene rings is 1. The highest BCUT2D eigenvalue weighted by Gasteiger charge is 2.13. The lowest BCUT2D eigenvalue weighted by Crippen LogP contribution is -2.15. The summed E-state index contributed by atoms with van der Waals surface area (Å²) in [6.07, 6.45) is 0.849. The molecule has 2 rings (SSSR count). The van der Waals surface area contributed by atoms with Crippen molar-refractivity contribution in [3.05, 3.63) is 36.5 Å². The molecule has 110 valence electrons. The molecule has 0 saturated carbocycles. The summed E-state index contributed by atoms with van der Waals surface area (Å²) >= 11 is 0. The number of nitrogens with two attached hydrogens (primary N) is 2. The van der Waals surface area contributed by atoms with E-state index in [-0.39, 0.29) is 18.1 Å².